The lowest BCUT2D eigenvalue weighted by Gasteiger charge is -1.96. The van der Waals surface area contributed by atoms with Crippen molar-refractivity contribution in [3.8, 4) is 0 Å². The van der Waals surface area contributed by atoms with E-state index in [-0.39, 0.29) is 6.61 Å². The van der Waals surface area contributed by atoms with Gasteiger partial charge in [0.05, 0.1) is 6.61 Å². The third kappa shape index (κ3) is 3.92. The van der Waals surface area contributed by atoms with E-state index in [0.717, 1.165) is 11.8 Å². The van der Waals surface area contributed by atoms with Gasteiger partial charge in [0.25, 0.3) is 6.47 Å². The monoisotopic (exact) mass is 198 g/mol. The van der Waals surface area contributed by atoms with Gasteiger partial charge in [0.1, 0.15) is 0 Å². The van der Waals surface area contributed by atoms with Crippen LogP contribution in [0.15, 0.2) is 12.2 Å². The molecule has 0 radical (unpaired) electrons. The summed E-state index contributed by atoms with van der Waals surface area (Å²) >= 11 is 0. The number of fused-ring (bicyclic) bond motifs is 2. The number of rotatable bonds is 4. The fourth-order valence-electron chi connectivity index (χ4n) is 1.91. The number of allylic oxidation sites excluding steroid dienone is 2. The van der Waals surface area contributed by atoms with E-state index in [1.807, 2.05) is 0 Å². The maximum absolute atomic E-state index is 9.38. The second kappa shape index (κ2) is 6.60. The van der Waals surface area contributed by atoms with Crippen molar-refractivity contribution in [2.45, 2.75) is 25.7 Å². The fourth-order valence-corrected chi connectivity index (χ4v) is 1.91. The molecule has 1 fully saturated rings. The Morgan fingerprint density at radius 3 is 2.29 bits per heavy atom. The molecule has 0 saturated heterocycles. The molecule has 14 heavy (non-hydrogen) atoms. The molecule has 2 aliphatic rings. The van der Waals surface area contributed by atoms with E-state index in [9.17, 15) is 4.79 Å². The van der Waals surface area contributed by atoms with Crippen LogP contribution in [0, 0.1) is 11.8 Å². The topological polar surface area (TPSA) is 46.5 Å². The molecule has 2 aliphatic carbocycles. The van der Waals surface area contributed by atoms with Crippen LogP contribution < -0.4 is 0 Å². The van der Waals surface area contributed by atoms with Crippen molar-refractivity contribution in [3.05, 3.63) is 12.2 Å². The number of hydrogen-bond acceptors (Lipinski definition) is 3. The van der Waals surface area contributed by atoms with Gasteiger partial charge in [-0.15, -0.1) is 0 Å². The van der Waals surface area contributed by atoms with Crippen molar-refractivity contribution in [1.29, 1.82) is 0 Å². The van der Waals surface area contributed by atoms with Gasteiger partial charge in [0.15, 0.2) is 0 Å². The molecule has 3 heteroatoms. The summed E-state index contributed by atoms with van der Waals surface area (Å²) in [6, 6.07) is 0. The van der Waals surface area contributed by atoms with Crippen LogP contribution in [0.25, 0.3) is 0 Å². The Morgan fingerprint density at radius 1 is 1.36 bits per heavy atom. The number of hydrogen-bond donors (Lipinski definition) is 1. The van der Waals surface area contributed by atoms with Gasteiger partial charge in [-0.2, -0.15) is 0 Å². The molecule has 2 unspecified atom stereocenters. The van der Waals surface area contributed by atoms with Crippen LogP contribution in [0.5, 0.6) is 0 Å². The van der Waals surface area contributed by atoms with Crippen molar-refractivity contribution < 1.29 is 14.6 Å². The Hall–Kier alpha value is -0.830. The largest absolute Gasteiger partial charge is 0.468 e. The Bertz CT molecular complexity index is 177. The van der Waals surface area contributed by atoms with Gasteiger partial charge < -0.3 is 9.84 Å². The number of carbonyl (C=O) groups excluding carboxylic acids is 1. The molecule has 2 rings (SSSR count). The maximum Gasteiger partial charge on any atom is 0.293 e. The minimum atomic E-state index is 0.0772. The van der Waals surface area contributed by atoms with Crippen molar-refractivity contribution in [2.75, 3.05) is 13.2 Å². The van der Waals surface area contributed by atoms with Gasteiger partial charge in [-0.1, -0.05) is 12.2 Å². The molecule has 0 aromatic heterocycles. The average molecular weight is 198 g/mol. The summed E-state index contributed by atoms with van der Waals surface area (Å²) in [6.07, 6.45) is 9.71. The highest BCUT2D eigenvalue weighted by molar-refractivity contribution is 5.36. The molecule has 0 aliphatic heterocycles. The van der Waals surface area contributed by atoms with Gasteiger partial charge in [-0.3, -0.25) is 4.79 Å². The molecule has 1 saturated carbocycles. The number of carbonyl (C=O) groups is 1. The molecule has 0 aromatic rings. The first kappa shape index (κ1) is 11.2. The highest BCUT2D eigenvalue weighted by atomic mass is 16.5. The lowest BCUT2D eigenvalue weighted by atomic mass is 10.1. The zero-order valence-electron chi connectivity index (χ0n) is 8.39. The third-order valence-electron chi connectivity index (χ3n) is 2.66. The predicted octanol–water partition coefficient (Wildman–Crippen LogP) is 1.51. The van der Waals surface area contributed by atoms with Crippen molar-refractivity contribution >= 4 is 6.47 Å². The van der Waals surface area contributed by atoms with Crippen LogP contribution in [0.1, 0.15) is 25.7 Å². The van der Waals surface area contributed by atoms with E-state index < -0.39 is 0 Å². The Kier molecular flexibility index (Phi) is 5.30. The molecule has 80 valence electrons. The van der Waals surface area contributed by atoms with E-state index >= 15 is 0 Å². The molecule has 0 amide bonds. The highest BCUT2D eigenvalue weighted by Gasteiger charge is 2.25. The molecule has 2 bridgehead atoms. The Morgan fingerprint density at radius 2 is 2.00 bits per heavy atom. The van der Waals surface area contributed by atoms with Gasteiger partial charge in [0, 0.05) is 13.0 Å². The van der Waals surface area contributed by atoms with Crippen LogP contribution in [-0.4, -0.2) is 24.8 Å². The SMILES string of the molecule is C1=CC2CCC1C2.O=COCCCO. The number of aliphatic hydroxyl groups is 1. The van der Waals surface area contributed by atoms with Crippen molar-refractivity contribution in [1.82, 2.24) is 0 Å². The second-order valence-corrected chi connectivity index (χ2v) is 3.76. The molecule has 0 heterocycles. The summed E-state index contributed by atoms with van der Waals surface area (Å²) in [6.45, 7) is 0.767. The standard InChI is InChI=1S/C7H10.C4H8O3/c1-2-7-4-3-6(1)5-7;5-2-1-3-7-4-6/h1-2,6-7H,3-5H2;4-5H,1-3H2. The lowest BCUT2D eigenvalue weighted by molar-refractivity contribution is -0.128. The smallest absolute Gasteiger partial charge is 0.293 e. The van der Waals surface area contributed by atoms with E-state index in [0.29, 0.717) is 19.5 Å². The summed E-state index contributed by atoms with van der Waals surface area (Å²) in [5.74, 6) is 1.98. The second-order valence-electron chi connectivity index (χ2n) is 3.76. The predicted molar refractivity (Wildman–Crippen MR) is 53.7 cm³/mol. The minimum Gasteiger partial charge on any atom is -0.468 e. The van der Waals surface area contributed by atoms with E-state index in [1.54, 1.807) is 0 Å². The van der Waals surface area contributed by atoms with E-state index in [1.165, 1.54) is 19.3 Å². The molecule has 0 aromatic carbocycles. The molecule has 0 spiro atoms. The summed E-state index contributed by atoms with van der Waals surface area (Å²) in [4.78, 5) is 9.38. The summed E-state index contributed by atoms with van der Waals surface area (Å²) in [7, 11) is 0. The fraction of sp³-hybridized carbons (Fsp3) is 0.727. The first-order chi connectivity index (χ1) is 6.86. The Balaban J connectivity index is 0.000000140. The van der Waals surface area contributed by atoms with Crippen molar-refractivity contribution in [3.63, 3.8) is 0 Å². The van der Waals surface area contributed by atoms with Crippen LogP contribution in [-0.2, 0) is 9.53 Å². The lowest BCUT2D eigenvalue weighted by Crippen LogP contribution is -1.93. The summed E-state index contributed by atoms with van der Waals surface area (Å²) in [5, 5.41) is 8.10. The summed E-state index contributed by atoms with van der Waals surface area (Å²) in [5.41, 5.74) is 0. The molecule has 3 nitrogen and oxygen atoms in total. The van der Waals surface area contributed by atoms with Crippen LogP contribution in [0.3, 0.4) is 0 Å². The molecule has 1 N–H and O–H groups in total. The summed E-state index contributed by atoms with van der Waals surface area (Å²) < 4.78 is 4.23. The number of aliphatic hydroxyl groups excluding tert-OH is 1. The van der Waals surface area contributed by atoms with E-state index in [4.69, 9.17) is 5.11 Å². The zero-order chi connectivity index (χ0) is 10.2. The van der Waals surface area contributed by atoms with Crippen LogP contribution >= 0.6 is 0 Å². The average Bonchev–Trinajstić information content (AvgIpc) is 2.83. The third-order valence-corrected chi connectivity index (χ3v) is 2.66. The maximum atomic E-state index is 9.38. The normalized spacial score (nSPS) is 26.9. The first-order valence-corrected chi connectivity index (χ1v) is 5.21. The molecular formula is C11H18O3. The Labute approximate surface area is 84.8 Å². The van der Waals surface area contributed by atoms with E-state index in [2.05, 4.69) is 16.9 Å². The van der Waals surface area contributed by atoms with Crippen LogP contribution in [0.2, 0.25) is 0 Å². The highest BCUT2D eigenvalue weighted by Crippen LogP contribution is 2.38. The van der Waals surface area contributed by atoms with Crippen molar-refractivity contribution in [2.24, 2.45) is 11.8 Å². The first-order valence-electron chi connectivity index (χ1n) is 5.21. The zero-order valence-corrected chi connectivity index (χ0v) is 8.39. The van der Waals surface area contributed by atoms with Gasteiger partial charge >= 0.3 is 0 Å². The quantitative estimate of drug-likeness (QED) is 0.423. The minimum absolute atomic E-state index is 0.0772. The van der Waals surface area contributed by atoms with Gasteiger partial charge in [0.2, 0.25) is 0 Å². The molecule has 2 atom stereocenters. The molecular weight excluding hydrogens is 180 g/mol. The van der Waals surface area contributed by atoms with Crippen LogP contribution in [0.4, 0.5) is 0 Å². The van der Waals surface area contributed by atoms with Gasteiger partial charge in [-0.25, -0.2) is 0 Å². The van der Waals surface area contributed by atoms with Gasteiger partial charge in [-0.05, 0) is 31.1 Å². The number of ether oxygens (including phenoxy) is 1.